The van der Waals surface area contributed by atoms with Gasteiger partial charge in [-0.15, -0.1) is 0 Å². The van der Waals surface area contributed by atoms with Gasteiger partial charge >= 0.3 is 0 Å². The maximum Gasteiger partial charge on any atom is 0.243 e. The number of rotatable bonds is 6. The molecule has 0 spiro atoms. The van der Waals surface area contributed by atoms with Crippen LogP contribution in [0.15, 0.2) is 47.4 Å². The van der Waals surface area contributed by atoms with E-state index in [-0.39, 0.29) is 17.3 Å². The Kier molecular flexibility index (Phi) is 5.81. The van der Waals surface area contributed by atoms with E-state index in [2.05, 4.69) is 11.4 Å². The van der Waals surface area contributed by atoms with Crippen molar-refractivity contribution in [2.45, 2.75) is 25.7 Å². The second-order valence-corrected chi connectivity index (χ2v) is 7.49. The third kappa shape index (κ3) is 5.04. The summed E-state index contributed by atoms with van der Waals surface area (Å²) in [6.45, 7) is 6.86. The van der Waals surface area contributed by atoms with Gasteiger partial charge < -0.3 is 10.2 Å². The van der Waals surface area contributed by atoms with Gasteiger partial charge in [-0.2, -0.15) is 0 Å². The van der Waals surface area contributed by atoms with Gasteiger partial charge in [0.15, 0.2) is 0 Å². The maximum atomic E-state index is 12.4. The summed E-state index contributed by atoms with van der Waals surface area (Å²) >= 11 is 0. The number of nitrogens with zero attached hydrogens (tertiary/aromatic N) is 1. The molecule has 2 aromatic carbocycles. The minimum atomic E-state index is -3.80. The zero-order chi connectivity index (χ0) is 18.6. The molecule has 0 unspecified atom stereocenters. The molecule has 0 saturated carbocycles. The largest absolute Gasteiger partial charge is 0.362 e. The molecular weight excluding hydrogens is 338 g/mol. The van der Waals surface area contributed by atoms with Crippen molar-refractivity contribution < 1.29 is 13.2 Å². The Balaban J connectivity index is 2.13. The molecular formula is C18H23N3O3S. The molecule has 2 rings (SSSR count). The summed E-state index contributed by atoms with van der Waals surface area (Å²) in [6.07, 6.45) is 0. The van der Waals surface area contributed by atoms with E-state index in [9.17, 15) is 13.2 Å². The molecule has 25 heavy (non-hydrogen) atoms. The molecule has 0 saturated heterocycles. The molecule has 7 heteroatoms. The van der Waals surface area contributed by atoms with Crippen molar-refractivity contribution in [3.8, 4) is 0 Å². The SMILES string of the molecule is CCN(CC(=O)Nc1cccc(S(N)(=O)=O)c1)c1ccc(C)cc1C. The van der Waals surface area contributed by atoms with Crippen molar-refractivity contribution >= 4 is 27.3 Å². The number of anilines is 2. The number of hydrogen-bond donors (Lipinski definition) is 2. The van der Waals surface area contributed by atoms with E-state index in [1.54, 1.807) is 6.07 Å². The lowest BCUT2D eigenvalue weighted by Gasteiger charge is -2.24. The summed E-state index contributed by atoms with van der Waals surface area (Å²) < 4.78 is 22.8. The van der Waals surface area contributed by atoms with Crippen molar-refractivity contribution in [3.63, 3.8) is 0 Å². The number of sulfonamides is 1. The summed E-state index contributed by atoms with van der Waals surface area (Å²) in [6, 6.07) is 12.0. The van der Waals surface area contributed by atoms with Gasteiger partial charge in [0.1, 0.15) is 0 Å². The number of nitrogens with one attached hydrogen (secondary N) is 1. The number of carbonyl (C=O) groups excluding carboxylic acids is 1. The lowest BCUT2D eigenvalue weighted by atomic mass is 10.1. The number of amides is 1. The van der Waals surface area contributed by atoms with Gasteiger partial charge in [0.25, 0.3) is 0 Å². The molecule has 0 aromatic heterocycles. The van der Waals surface area contributed by atoms with Gasteiger partial charge in [-0.3, -0.25) is 4.79 Å². The quantitative estimate of drug-likeness (QED) is 0.826. The normalized spacial score (nSPS) is 11.2. The molecule has 0 aliphatic heterocycles. The number of primary sulfonamides is 1. The zero-order valence-corrected chi connectivity index (χ0v) is 15.4. The molecule has 0 atom stereocenters. The number of hydrogen-bond acceptors (Lipinski definition) is 4. The van der Waals surface area contributed by atoms with Crippen molar-refractivity contribution in [1.29, 1.82) is 0 Å². The summed E-state index contributed by atoms with van der Waals surface area (Å²) in [5.41, 5.74) is 3.67. The summed E-state index contributed by atoms with van der Waals surface area (Å²) in [5.74, 6) is -0.228. The summed E-state index contributed by atoms with van der Waals surface area (Å²) in [5, 5.41) is 7.83. The minimum Gasteiger partial charge on any atom is -0.362 e. The fourth-order valence-electron chi connectivity index (χ4n) is 2.65. The van der Waals surface area contributed by atoms with Crippen LogP contribution in [0.25, 0.3) is 0 Å². The van der Waals surface area contributed by atoms with Gasteiger partial charge in [-0.25, -0.2) is 13.6 Å². The van der Waals surface area contributed by atoms with Crippen LogP contribution in [0.1, 0.15) is 18.1 Å². The predicted molar refractivity (Wildman–Crippen MR) is 100 cm³/mol. The monoisotopic (exact) mass is 361 g/mol. The van der Waals surface area contributed by atoms with E-state index in [1.165, 1.54) is 23.8 Å². The minimum absolute atomic E-state index is 0.0352. The van der Waals surface area contributed by atoms with E-state index in [0.717, 1.165) is 11.3 Å². The van der Waals surface area contributed by atoms with Crippen LogP contribution in [0.5, 0.6) is 0 Å². The summed E-state index contributed by atoms with van der Waals surface area (Å²) in [4.78, 5) is 14.3. The number of aryl methyl sites for hydroxylation is 2. The Morgan fingerprint density at radius 2 is 1.88 bits per heavy atom. The van der Waals surface area contributed by atoms with Crippen LogP contribution < -0.4 is 15.4 Å². The van der Waals surface area contributed by atoms with Crippen molar-refractivity contribution in [2.75, 3.05) is 23.3 Å². The van der Waals surface area contributed by atoms with Crippen LogP contribution in [0, 0.1) is 13.8 Å². The molecule has 0 fully saturated rings. The van der Waals surface area contributed by atoms with Gasteiger partial charge in [0.2, 0.25) is 15.9 Å². The highest BCUT2D eigenvalue weighted by Gasteiger charge is 2.14. The van der Waals surface area contributed by atoms with Crippen LogP contribution in [-0.2, 0) is 14.8 Å². The molecule has 6 nitrogen and oxygen atoms in total. The Bertz CT molecular complexity index is 879. The van der Waals surface area contributed by atoms with Crippen molar-refractivity contribution in [2.24, 2.45) is 5.14 Å². The number of likely N-dealkylation sites (N-methyl/N-ethyl adjacent to an activating group) is 1. The average molecular weight is 361 g/mol. The smallest absolute Gasteiger partial charge is 0.243 e. The Labute approximate surface area is 148 Å². The number of benzene rings is 2. The first-order chi connectivity index (χ1) is 11.7. The van der Waals surface area contributed by atoms with E-state index >= 15 is 0 Å². The molecule has 0 bridgehead atoms. The highest BCUT2D eigenvalue weighted by molar-refractivity contribution is 7.89. The van der Waals surface area contributed by atoms with Gasteiger partial charge in [0.05, 0.1) is 11.4 Å². The Morgan fingerprint density at radius 3 is 2.48 bits per heavy atom. The van der Waals surface area contributed by atoms with Crippen molar-refractivity contribution in [3.05, 3.63) is 53.6 Å². The molecule has 0 aliphatic rings. The first-order valence-corrected chi connectivity index (χ1v) is 9.50. The van der Waals surface area contributed by atoms with Crippen LogP contribution in [-0.4, -0.2) is 27.4 Å². The highest BCUT2D eigenvalue weighted by Crippen LogP contribution is 2.21. The van der Waals surface area contributed by atoms with E-state index in [0.29, 0.717) is 12.2 Å². The second-order valence-electron chi connectivity index (χ2n) is 5.93. The van der Waals surface area contributed by atoms with Crippen LogP contribution in [0.4, 0.5) is 11.4 Å². The lowest BCUT2D eigenvalue weighted by molar-refractivity contribution is -0.115. The molecule has 134 valence electrons. The van der Waals surface area contributed by atoms with Crippen LogP contribution >= 0.6 is 0 Å². The molecule has 1 amide bonds. The van der Waals surface area contributed by atoms with E-state index in [4.69, 9.17) is 5.14 Å². The standard InChI is InChI=1S/C18H23N3O3S/c1-4-21(17-9-8-13(2)10-14(17)3)12-18(22)20-15-6-5-7-16(11-15)25(19,23)24/h5-11H,4,12H2,1-3H3,(H,20,22)(H2,19,23,24). The second kappa shape index (κ2) is 7.67. The predicted octanol–water partition coefficient (Wildman–Crippen LogP) is 2.42. The lowest BCUT2D eigenvalue weighted by Crippen LogP contribution is -2.33. The van der Waals surface area contributed by atoms with Crippen LogP contribution in [0.2, 0.25) is 0 Å². The Morgan fingerprint density at radius 1 is 1.16 bits per heavy atom. The van der Waals surface area contributed by atoms with Gasteiger partial charge in [0, 0.05) is 17.9 Å². The zero-order valence-electron chi connectivity index (χ0n) is 14.6. The topological polar surface area (TPSA) is 92.5 Å². The molecule has 0 radical (unpaired) electrons. The third-order valence-corrected chi connectivity index (χ3v) is 4.77. The molecule has 2 aromatic rings. The average Bonchev–Trinajstić information content (AvgIpc) is 2.52. The van der Waals surface area contributed by atoms with E-state index < -0.39 is 10.0 Å². The Hall–Kier alpha value is -2.38. The molecule has 0 aliphatic carbocycles. The highest BCUT2D eigenvalue weighted by atomic mass is 32.2. The van der Waals surface area contributed by atoms with E-state index in [1.807, 2.05) is 37.8 Å². The first-order valence-electron chi connectivity index (χ1n) is 7.95. The first kappa shape index (κ1) is 19.0. The van der Waals surface area contributed by atoms with Gasteiger partial charge in [-0.1, -0.05) is 23.8 Å². The maximum absolute atomic E-state index is 12.4. The number of nitrogens with two attached hydrogens (primary N) is 1. The third-order valence-electron chi connectivity index (χ3n) is 3.86. The molecule has 0 heterocycles. The number of carbonyl (C=O) groups is 1. The van der Waals surface area contributed by atoms with Crippen LogP contribution in [0.3, 0.4) is 0 Å². The summed E-state index contributed by atoms with van der Waals surface area (Å²) in [7, 11) is -3.80. The fourth-order valence-corrected chi connectivity index (χ4v) is 3.21. The van der Waals surface area contributed by atoms with Crippen molar-refractivity contribution in [1.82, 2.24) is 0 Å². The van der Waals surface area contributed by atoms with Gasteiger partial charge in [-0.05, 0) is 50.6 Å². The molecule has 3 N–H and O–H groups in total. The fraction of sp³-hybridized carbons (Fsp3) is 0.278.